The molecule has 2 N–H and O–H groups in total. The van der Waals surface area contributed by atoms with E-state index < -0.39 is 0 Å². The summed E-state index contributed by atoms with van der Waals surface area (Å²) in [6.45, 7) is 1.84. The zero-order valence-electron chi connectivity index (χ0n) is 14.6. The average Bonchev–Trinajstić information content (AvgIpc) is 3.00. The lowest BCUT2D eigenvalue weighted by molar-refractivity contribution is 0.0646. The summed E-state index contributed by atoms with van der Waals surface area (Å²) >= 11 is 12.0. The monoisotopic (exact) mass is 408 g/mol. The summed E-state index contributed by atoms with van der Waals surface area (Å²) < 4.78 is 19.7. The predicted octanol–water partition coefficient (Wildman–Crippen LogP) is 4.16. The minimum Gasteiger partial charge on any atom is -0.492 e. The number of carbonyl (C=O) groups is 1. The molecule has 2 aromatic carbocycles. The molecule has 1 fully saturated rings. The van der Waals surface area contributed by atoms with Gasteiger partial charge in [-0.3, -0.25) is 4.79 Å². The van der Waals surface area contributed by atoms with Gasteiger partial charge in [0.25, 0.3) is 5.91 Å². The van der Waals surface area contributed by atoms with Crippen molar-refractivity contribution in [2.75, 3.05) is 19.7 Å². The first-order valence-electron chi connectivity index (χ1n) is 8.84. The third-order valence-corrected chi connectivity index (χ3v) is 6.36. The molecule has 2 heterocycles. The summed E-state index contributed by atoms with van der Waals surface area (Å²) in [5.41, 5.74) is 7.49. The summed E-state index contributed by atoms with van der Waals surface area (Å²) in [4.78, 5) is 14.6. The second-order valence-corrected chi connectivity index (χ2v) is 7.95. The summed E-state index contributed by atoms with van der Waals surface area (Å²) in [5, 5.41) is 0.791. The van der Waals surface area contributed by atoms with Gasteiger partial charge in [0.1, 0.15) is 11.6 Å². The first-order valence-corrected chi connectivity index (χ1v) is 9.59. The van der Waals surface area contributed by atoms with E-state index in [9.17, 15) is 9.18 Å². The fourth-order valence-corrected chi connectivity index (χ4v) is 4.25. The topological polar surface area (TPSA) is 55.6 Å². The number of carbonyl (C=O) groups excluding carboxylic acids is 1. The predicted molar refractivity (Wildman–Crippen MR) is 103 cm³/mol. The number of amides is 1. The molecule has 2 aliphatic rings. The molecule has 0 unspecified atom stereocenters. The molecule has 0 bridgehead atoms. The molecule has 27 heavy (non-hydrogen) atoms. The van der Waals surface area contributed by atoms with Crippen molar-refractivity contribution < 1.29 is 13.9 Å². The molecule has 0 aliphatic carbocycles. The van der Waals surface area contributed by atoms with Gasteiger partial charge >= 0.3 is 0 Å². The van der Waals surface area contributed by atoms with Crippen LogP contribution in [0.2, 0.25) is 10.0 Å². The quantitative estimate of drug-likeness (QED) is 0.811. The van der Waals surface area contributed by atoms with Gasteiger partial charge in [-0.05, 0) is 37.1 Å². The fraction of sp³-hybridized carbons (Fsp3) is 0.350. The van der Waals surface area contributed by atoms with Crippen LogP contribution < -0.4 is 10.5 Å². The van der Waals surface area contributed by atoms with E-state index in [0.29, 0.717) is 46.6 Å². The minimum atomic E-state index is -0.333. The summed E-state index contributed by atoms with van der Waals surface area (Å²) in [5.74, 6) is 0.193. The van der Waals surface area contributed by atoms with Crippen molar-refractivity contribution in [2.24, 2.45) is 5.73 Å². The second kappa shape index (κ2) is 6.97. The second-order valence-electron chi connectivity index (χ2n) is 7.13. The third kappa shape index (κ3) is 3.18. The Morgan fingerprint density at radius 2 is 1.93 bits per heavy atom. The maximum Gasteiger partial charge on any atom is 0.253 e. The summed E-state index contributed by atoms with van der Waals surface area (Å²) in [6, 6.07) is 8.17. The number of fused-ring (bicyclic) bond motifs is 2. The Morgan fingerprint density at radius 3 is 2.59 bits per heavy atom. The molecule has 7 heteroatoms. The average molecular weight is 409 g/mol. The van der Waals surface area contributed by atoms with Crippen LogP contribution in [0.15, 0.2) is 30.3 Å². The molecule has 2 aliphatic heterocycles. The molecule has 0 atom stereocenters. The molecule has 1 amide bonds. The van der Waals surface area contributed by atoms with Crippen molar-refractivity contribution in [1.29, 1.82) is 0 Å². The number of nitrogens with zero attached hydrogens (tertiary/aromatic N) is 1. The highest BCUT2D eigenvalue weighted by Crippen LogP contribution is 2.46. The number of benzene rings is 2. The highest BCUT2D eigenvalue weighted by atomic mass is 35.5. The SMILES string of the molecule is NCc1cc2c(cc1F)OCC21CCN(C(=O)c2ccc(Cl)c(Cl)c2)CC1. The van der Waals surface area contributed by atoms with Gasteiger partial charge in [0.15, 0.2) is 0 Å². The number of hydrogen-bond donors (Lipinski definition) is 1. The first kappa shape index (κ1) is 18.5. The lowest BCUT2D eigenvalue weighted by Gasteiger charge is -2.38. The highest BCUT2D eigenvalue weighted by Gasteiger charge is 2.44. The van der Waals surface area contributed by atoms with Crippen LogP contribution >= 0.6 is 23.2 Å². The van der Waals surface area contributed by atoms with Crippen LogP contribution in [0.5, 0.6) is 5.75 Å². The molecule has 142 valence electrons. The number of rotatable bonds is 2. The zero-order valence-corrected chi connectivity index (χ0v) is 16.1. The van der Waals surface area contributed by atoms with Gasteiger partial charge in [-0.25, -0.2) is 4.39 Å². The molecule has 2 aromatic rings. The smallest absolute Gasteiger partial charge is 0.253 e. The van der Waals surface area contributed by atoms with Gasteiger partial charge in [-0.15, -0.1) is 0 Å². The number of piperidine rings is 1. The van der Waals surface area contributed by atoms with E-state index in [0.717, 1.165) is 18.4 Å². The van der Waals surface area contributed by atoms with E-state index in [2.05, 4.69) is 0 Å². The summed E-state index contributed by atoms with van der Waals surface area (Å²) in [7, 11) is 0. The third-order valence-electron chi connectivity index (χ3n) is 5.62. The lowest BCUT2D eigenvalue weighted by Crippen LogP contribution is -2.46. The van der Waals surface area contributed by atoms with Crippen LogP contribution in [0.4, 0.5) is 4.39 Å². The van der Waals surface area contributed by atoms with Crippen molar-refractivity contribution in [3.8, 4) is 5.75 Å². The van der Waals surface area contributed by atoms with Crippen LogP contribution in [0.3, 0.4) is 0 Å². The van der Waals surface area contributed by atoms with Crippen molar-refractivity contribution in [3.05, 3.63) is 62.9 Å². The van der Waals surface area contributed by atoms with Gasteiger partial charge < -0.3 is 15.4 Å². The maximum atomic E-state index is 14.0. The molecule has 1 spiro atoms. The van der Waals surface area contributed by atoms with E-state index in [-0.39, 0.29) is 23.7 Å². The number of ether oxygens (including phenoxy) is 1. The number of hydrogen-bond acceptors (Lipinski definition) is 3. The molecular formula is C20H19Cl2FN2O2. The van der Waals surface area contributed by atoms with Crippen molar-refractivity contribution in [2.45, 2.75) is 24.8 Å². The molecule has 4 rings (SSSR count). The van der Waals surface area contributed by atoms with Crippen LogP contribution in [-0.4, -0.2) is 30.5 Å². The Bertz CT molecular complexity index is 911. The molecule has 1 saturated heterocycles. The van der Waals surface area contributed by atoms with Crippen molar-refractivity contribution in [3.63, 3.8) is 0 Å². The fourth-order valence-electron chi connectivity index (χ4n) is 3.95. The largest absolute Gasteiger partial charge is 0.492 e. The van der Waals surface area contributed by atoms with Gasteiger partial charge in [-0.1, -0.05) is 23.2 Å². The van der Waals surface area contributed by atoms with Crippen LogP contribution in [0.25, 0.3) is 0 Å². The first-order chi connectivity index (χ1) is 12.9. The number of likely N-dealkylation sites (tertiary alicyclic amines) is 1. The molecule has 0 radical (unpaired) electrons. The normalized spacial score (nSPS) is 17.7. The Morgan fingerprint density at radius 1 is 1.19 bits per heavy atom. The van der Waals surface area contributed by atoms with Crippen LogP contribution in [-0.2, 0) is 12.0 Å². The Balaban J connectivity index is 1.53. The van der Waals surface area contributed by atoms with E-state index in [1.54, 1.807) is 18.2 Å². The minimum absolute atomic E-state index is 0.0655. The Labute approximate surface area is 167 Å². The summed E-state index contributed by atoms with van der Waals surface area (Å²) in [6.07, 6.45) is 1.51. The van der Waals surface area contributed by atoms with E-state index in [1.165, 1.54) is 6.07 Å². The molecule has 4 nitrogen and oxygen atoms in total. The Hall–Kier alpha value is -1.82. The van der Waals surface area contributed by atoms with Crippen molar-refractivity contribution in [1.82, 2.24) is 4.90 Å². The molecule has 0 saturated carbocycles. The Kier molecular flexibility index (Phi) is 4.78. The molecular weight excluding hydrogens is 390 g/mol. The van der Waals surface area contributed by atoms with E-state index >= 15 is 0 Å². The molecule has 0 aromatic heterocycles. The standard InChI is InChI=1S/C20H19Cl2FN2O2/c21-15-2-1-12(8-16(15)22)19(26)25-5-3-20(4-6-25)11-27-18-9-17(23)13(10-24)7-14(18)20/h1-2,7-9H,3-6,10-11,24H2. The van der Waals surface area contributed by atoms with Crippen molar-refractivity contribution >= 4 is 29.1 Å². The van der Waals surface area contributed by atoms with Gasteiger partial charge in [0.2, 0.25) is 0 Å². The van der Waals surface area contributed by atoms with Gasteiger partial charge in [-0.2, -0.15) is 0 Å². The van der Waals surface area contributed by atoms with E-state index in [4.69, 9.17) is 33.7 Å². The zero-order chi connectivity index (χ0) is 19.2. The van der Waals surface area contributed by atoms with Crippen LogP contribution in [0, 0.1) is 5.82 Å². The van der Waals surface area contributed by atoms with Crippen LogP contribution in [0.1, 0.15) is 34.3 Å². The number of nitrogens with two attached hydrogens (primary N) is 1. The van der Waals surface area contributed by atoms with Gasteiger partial charge in [0.05, 0.1) is 16.7 Å². The van der Waals surface area contributed by atoms with E-state index in [1.807, 2.05) is 11.0 Å². The van der Waals surface area contributed by atoms with Gasteiger partial charge in [0, 0.05) is 47.8 Å². The number of halogens is 3. The maximum absolute atomic E-state index is 14.0. The highest BCUT2D eigenvalue weighted by molar-refractivity contribution is 6.42. The lowest BCUT2D eigenvalue weighted by atomic mass is 9.74.